The number of aliphatic hydroxyl groups excluding tert-OH is 4. The molecule has 34 heavy (non-hydrogen) atoms. The molecule has 1 aliphatic heterocycles. The topological polar surface area (TPSA) is 99.4 Å². The van der Waals surface area contributed by atoms with Crippen molar-refractivity contribution in [3.63, 3.8) is 0 Å². The molecule has 0 bridgehead atoms. The third-order valence-corrected chi connectivity index (χ3v) is 7.95. The summed E-state index contributed by atoms with van der Waals surface area (Å²) in [6.07, 6.45) is 1.09. The lowest BCUT2D eigenvalue weighted by Gasteiger charge is -2.51. The second kappa shape index (κ2) is 10.5. The van der Waals surface area contributed by atoms with E-state index in [2.05, 4.69) is 26.0 Å². The van der Waals surface area contributed by atoms with Crippen LogP contribution in [0.15, 0.2) is 46.6 Å². The van der Waals surface area contributed by atoms with Gasteiger partial charge in [-0.25, -0.2) is 0 Å². The highest BCUT2D eigenvalue weighted by molar-refractivity contribution is 5.50. The van der Waals surface area contributed by atoms with E-state index in [1.165, 1.54) is 27.9 Å². The molecule has 6 heteroatoms. The minimum Gasteiger partial charge on any atom is -0.494 e. The zero-order chi connectivity index (χ0) is 24.5. The highest BCUT2D eigenvalue weighted by atomic mass is 16.5. The first-order chi connectivity index (χ1) is 16.3. The quantitative estimate of drug-likeness (QED) is 0.463. The molecule has 1 aromatic carbocycles. The van der Waals surface area contributed by atoms with Crippen LogP contribution in [-0.4, -0.2) is 64.2 Å². The fraction of sp³-hybridized carbons (Fsp3) is 0.643. The Kier molecular flexibility index (Phi) is 7.85. The van der Waals surface area contributed by atoms with Crippen LogP contribution in [0.3, 0.4) is 0 Å². The van der Waals surface area contributed by atoms with Crippen molar-refractivity contribution in [1.29, 1.82) is 0 Å². The number of rotatable bonds is 8. The van der Waals surface area contributed by atoms with Gasteiger partial charge in [-0.3, -0.25) is 0 Å². The molecule has 188 valence electrons. The molecule has 6 atom stereocenters. The number of ether oxygens (including phenoxy) is 2. The minimum absolute atomic E-state index is 0.405. The lowest BCUT2D eigenvalue weighted by molar-refractivity contribution is -0.250. The van der Waals surface area contributed by atoms with Crippen molar-refractivity contribution >= 4 is 0 Å². The van der Waals surface area contributed by atoms with Crippen LogP contribution in [-0.2, 0) is 11.2 Å². The molecule has 0 spiro atoms. The molecule has 2 aliphatic carbocycles. The van der Waals surface area contributed by atoms with E-state index in [4.69, 9.17) is 9.47 Å². The van der Waals surface area contributed by atoms with Gasteiger partial charge in [0.05, 0.1) is 19.3 Å². The van der Waals surface area contributed by atoms with Crippen molar-refractivity contribution in [3.8, 4) is 5.75 Å². The number of fused-ring (bicyclic) bond motifs is 1. The summed E-state index contributed by atoms with van der Waals surface area (Å²) >= 11 is 0. The van der Waals surface area contributed by atoms with Gasteiger partial charge in [0.15, 0.2) is 0 Å². The predicted molar refractivity (Wildman–Crippen MR) is 131 cm³/mol. The summed E-state index contributed by atoms with van der Waals surface area (Å²) in [7, 11) is 0. The van der Waals surface area contributed by atoms with Crippen LogP contribution in [0.1, 0.15) is 64.9 Å². The third kappa shape index (κ3) is 4.59. The van der Waals surface area contributed by atoms with E-state index in [-0.39, 0.29) is 0 Å². The normalized spacial score (nSPS) is 33.9. The lowest BCUT2D eigenvalue weighted by Crippen LogP contribution is -2.63. The smallest absolute Gasteiger partial charge is 0.119 e. The molecule has 1 saturated carbocycles. The molecule has 2 fully saturated rings. The first-order valence-electron chi connectivity index (χ1n) is 12.8. The summed E-state index contributed by atoms with van der Waals surface area (Å²) in [5, 5.41) is 41.8. The molecule has 1 aromatic rings. The number of hydrogen-bond acceptors (Lipinski definition) is 6. The second-order valence-corrected chi connectivity index (χ2v) is 10.2. The maximum absolute atomic E-state index is 11.1. The van der Waals surface area contributed by atoms with Crippen LogP contribution in [0.5, 0.6) is 5.75 Å². The van der Waals surface area contributed by atoms with Crippen molar-refractivity contribution in [1.82, 2.24) is 0 Å². The van der Waals surface area contributed by atoms with Gasteiger partial charge >= 0.3 is 0 Å². The average molecular weight is 473 g/mol. The van der Waals surface area contributed by atoms with Gasteiger partial charge in [0.2, 0.25) is 0 Å². The monoisotopic (exact) mass is 472 g/mol. The highest BCUT2D eigenvalue weighted by Gasteiger charge is 2.54. The van der Waals surface area contributed by atoms with Crippen LogP contribution >= 0.6 is 0 Å². The first-order valence-corrected chi connectivity index (χ1v) is 12.8. The van der Waals surface area contributed by atoms with Crippen LogP contribution in [0.4, 0.5) is 0 Å². The summed E-state index contributed by atoms with van der Waals surface area (Å²) in [6, 6.07) is 8.25. The molecular weight excluding hydrogens is 432 g/mol. The number of hydrogen-bond donors (Lipinski definition) is 4. The molecule has 4 rings (SSSR count). The van der Waals surface area contributed by atoms with Crippen molar-refractivity contribution in [3.05, 3.63) is 52.1 Å². The van der Waals surface area contributed by atoms with Crippen molar-refractivity contribution in [2.75, 3.05) is 13.2 Å². The molecule has 3 aliphatic rings. The van der Waals surface area contributed by atoms with Crippen LogP contribution < -0.4 is 4.74 Å². The van der Waals surface area contributed by atoms with Gasteiger partial charge in [-0.2, -0.15) is 0 Å². The van der Waals surface area contributed by atoms with Gasteiger partial charge in [0.1, 0.15) is 30.2 Å². The molecule has 0 aromatic heterocycles. The fourth-order valence-electron chi connectivity index (χ4n) is 6.34. The molecule has 1 saturated heterocycles. The summed E-state index contributed by atoms with van der Waals surface area (Å²) in [5.41, 5.74) is 6.20. The van der Waals surface area contributed by atoms with Crippen LogP contribution in [0.2, 0.25) is 0 Å². The summed E-state index contributed by atoms with van der Waals surface area (Å²) in [5.74, 6) is 0.866. The second-order valence-electron chi connectivity index (χ2n) is 10.2. The molecule has 0 radical (unpaired) electrons. The third-order valence-electron chi connectivity index (χ3n) is 7.95. The molecule has 0 amide bonds. The first kappa shape index (κ1) is 25.4. The highest BCUT2D eigenvalue weighted by Crippen LogP contribution is 2.54. The maximum Gasteiger partial charge on any atom is 0.119 e. The molecular formula is C28H40O6. The van der Waals surface area contributed by atoms with Crippen LogP contribution in [0.25, 0.3) is 0 Å². The van der Waals surface area contributed by atoms with Crippen LogP contribution in [0, 0.1) is 5.41 Å². The molecule has 6 nitrogen and oxygen atoms in total. The average Bonchev–Trinajstić information content (AvgIpc) is 3.32. The van der Waals surface area contributed by atoms with E-state index in [0.29, 0.717) is 6.61 Å². The molecule has 4 N–H and O–H groups in total. The van der Waals surface area contributed by atoms with Gasteiger partial charge in [-0.05, 0) is 74.3 Å². The van der Waals surface area contributed by atoms with E-state index in [9.17, 15) is 20.4 Å². The number of benzene rings is 1. The van der Waals surface area contributed by atoms with Crippen molar-refractivity contribution in [2.24, 2.45) is 5.41 Å². The van der Waals surface area contributed by atoms with Gasteiger partial charge in [-0.15, -0.1) is 0 Å². The Morgan fingerprint density at radius 1 is 1.00 bits per heavy atom. The zero-order valence-electron chi connectivity index (χ0n) is 20.7. The Labute approximate surface area is 202 Å². The van der Waals surface area contributed by atoms with E-state index < -0.39 is 42.5 Å². The van der Waals surface area contributed by atoms with Crippen molar-refractivity contribution < 1.29 is 29.9 Å². The number of allylic oxidation sites excluding steroid dienone is 3. The van der Waals surface area contributed by atoms with E-state index in [0.717, 1.165) is 50.7 Å². The summed E-state index contributed by atoms with van der Waals surface area (Å²) < 4.78 is 11.8. The van der Waals surface area contributed by atoms with E-state index >= 15 is 0 Å². The van der Waals surface area contributed by atoms with Gasteiger partial charge < -0.3 is 29.9 Å². The van der Waals surface area contributed by atoms with E-state index in [1.54, 1.807) is 0 Å². The van der Waals surface area contributed by atoms with Gasteiger partial charge in [0, 0.05) is 5.41 Å². The summed E-state index contributed by atoms with van der Waals surface area (Å²) in [4.78, 5) is 0. The molecule has 1 heterocycles. The Morgan fingerprint density at radius 3 is 2.35 bits per heavy atom. The Hall–Kier alpha value is -1.70. The Morgan fingerprint density at radius 2 is 1.71 bits per heavy atom. The standard InChI is InChI=1S/C28H40O6/c1-4-7-22-21-9-6-8-20(21)18(14-17-10-12-19(13-11-17)33-5-2)15-28(22,3)27-26(32)25(31)24(30)23(16-29)34-27/h10-13,23-27,29-32H,4-9,14-16H2,1-3H3/t23-,24-,25+,26-,27-,28?/m1/s1. The minimum atomic E-state index is -1.36. The Bertz CT molecular complexity index is 917. The maximum atomic E-state index is 11.1. The van der Waals surface area contributed by atoms with Crippen molar-refractivity contribution in [2.45, 2.75) is 96.2 Å². The zero-order valence-corrected chi connectivity index (χ0v) is 20.7. The lowest BCUT2D eigenvalue weighted by atomic mass is 9.62. The summed E-state index contributed by atoms with van der Waals surface area (Å²) in [6.45, 7) is 6.50. The SMILES string of the molecule is CCCC1=C2CCCC2=C(Cc2ccc(OCC)cc2)CC1(C)[C@@H]1O[C@H](CO)[C@@H](O)[C@H](O)[C@H]1O. The Balaban J connectivity index is 1.71. The largest absolute Gasteiger partial charge is 0.494 e. The fourth-order valence-corrected chi connectivity index (χ4v) is 6.34. The molecule has 1 unspecified atom stereocenters. The number of aliphatic hydroxyl groups is 4. The van der Waals surface area contributed by atoms with Gasteiger partial charge in [0.25, 0.3) is 0 Å². The predicted octanol–water partition coefficient (Wildman–Crippen LogP) is 3.46. The van der Waals surface area contributed by atoms with Gasteiger partial charge in [-0.1, -0.05) is 43.5 Å². The van der Waals surface area contributed by atoms with E-state index in [1.807, 2.05) is 19.1 Å².